The quantitative estimate of drug-likeness (QED) is 0.773. The van der Waals surface area contributed by atoms with E-state index < -0.39 is 0 Å². The molecule has 0 aromatic heterocycles. The van der Waals surface area contributed by atoms with Crippen LogP contribution >= 0.6 is 0 Å². The highest BCUT2D eigenvalue weighted by atomic mass is 16.3. The van der Waals surface area contributed by atoms with Crippen LogP contribution in [0.3, 0.4) is 0 Å². The zero-order valence-corrected chi connectivity index (χ0v) is 14.6. The van der Waals surface area contributed by atoms with E-state index in [1.807, 2.05) is 30.3 Å². The number of rotatable bonds is 5. The Kier molecular flexibility index (Phi) is 4.11. The topological polar surface area (TPSA) is 65.2 Å². The standard InChI is InChI=1S/C22H22N2O2/c1-2-14-22(17-4-3-5-17)20(15-6-10-18(25)11-7-15)23-24-21(22)16-8-12-19(26)13-9-16/h2,6-13,17,25-26H,1,3-5,14H2. The number of aromatic hydroxyl groups is 2. The van der Waals surface area contributed by atoms with Crippen LogP contribution in [0.4, 0.5) is 0 Å². The van der Waals surface area contributed by atoms with Gasteiger partial charge in [-0.15, -0.1) is 6.58 Å². The Morgan fingerprint density at radius 2 is 1.35 bits per heavy atom. The molecule has 0 spiro atoms. The van der Waals surface area contributed by atoms with Gasteiger partial charge in [-0.05, 0) is 84.8 Å². The van der Waals surface area contributed by atoms with Gasteiger partial charge in [-0.2, -0.15) is 10.2 Å². The van der Waals surface area contributed by atoms with Crippen LogP contribution in [0.1, 0.15) is 36.8 Å². The fourth-order valence-corrected chi connectivity index (χ4v) is 4.14. The van der Waals surface area contributed by atoms with Crippen LogP contribution in [-0.2, 0) is 0 Å². The lowest BCUT2D eigenvalue weighted by molar-refractivity contribution is 0.216. The van der Waals surface area contributed by atoms with Crippen molar-refractivity contribution in [1.29, 1.82) is 0 Å². The lowest BCUT2D eigenvalue weighted by atomic mass is 9.57. The van der Waals surface area contributed by atoms with Crippen LogP contribution < -0.4 is 0 Å². The van der Waals surface area contributed by atoms with Gasteiger partial charge in [0.1, 0.15) is 11.5 Å². The van der Waals surface area contributed by atoms with Crippen molar-refractivity contribution in [2.45, 2.75) is 25.7 Å². The number of nitrogens with zero attached hydrogens (tertiary/aromatic N) is 2. The lowest BCUT2D eigenvalue weighted by Gasteiger charge is -2.44. The Balaban J connectivity index is 1.84. The number of phenolic OH excluding ortho intramolecular Hbond substituents is 2. The van der Waals surface area contributed by atoms with Gasteiger partial charge in [0.05, 0.1) is 16.8 Å². The molecule has 1 heterocycles. The van der Waals surface area contributed by atoms with Gasteiger partial charge in [0.25, 0.3) is 0 Å². The highest BCUT2D eigenvalue weighted by Crippen LogP contribution is 2.51. The molecule has 0 radical (unpaired) electrons. The molecule has 1 aliphatic heterocycles. The first kappa shape index (κ1) is 16.6. The van der Waals surface area contributed by atoms with Crippen LogP contribution in [0, 0.1) is 11.3 Å². The van der Waals surface area contributed by atoms with E-state index in [9.17, 15) is 10.2 Å². The Morgan fingerprint density at radius 3 is 1.69 bits per heavy atom. The van der Waals surface area contributed by atoms with Crippen molar-refractivity contribution in [3.05, 3.63) is 72.3 Å². The smallest absolute Gasteiger partial charge is 0.115 e. The van der Waals surface area contributed by atoms with Gasteiger partial charge >= 0.3 is 0 Å². The first-order chi connectivity index (χ1) is 12.6. The number of benzene rings is 2. The van der Waals surface area contributed by atoms with Gasteiger partial charge in [-0.25, -0.2) is 0 Å². The predicted molar refractivity (Wildman–Crippen MR) is 104 cm³/mol. The third-order valence-electron chi connectivity index (χ3n) is 5.65. The summed E-state index contributed by atoms with van der Waals surface area (Å²) in [6, 6.07) is 14.4. The molecule has 4 heteroatoms. The monoisotopic (exact) mass is 346 g/mol. The number of allylic oxidation sites excluding steroid dienone is 1. The number of hydrogen-bond donors (Lipinski definition) is 2. The molecule has 4 nitrogen and oxygen atoms in total. The van der Waals surface area contributed by atoms with E-state index in [0.717, 1.165) is 41.8 Å². The molecule has 2 aromatic rings. The van der Waals surface area contributed by atoms with Crippen molar-refractivity contribution in [2.24, 2.45) is 21.5 Å². The Labute approximate surface area is 153 Å². The van der Waals surface area contributed by atoms with Crippen LogP contribution in [0.2, 0.25) is 0 Å². The summed E-state index contributed by atoms with van der Waals surface area (Å²) in [7, 11) is 0. The molecular formula is C22H22N2O2. The molecule has 1 fully saturated rings. The number of phenols is 2. The average Bonchev–Trinajstić information content (AvgIpc) is 2.94. The summed E-state index contributed by atoms with van der Waals surface area (Å²) in [6.07, 6.45) is 6.21. The van der Waals surface area contributed by atoms with E-state index in [2.05, 4.69) is 16.8 Å². The molecule has 4 rings (SSSR count). The molecule has 26 heavy (non-hydrogen) atoms. The van der Waals surface area contributed by atoms with Crippen LogP contribution in [-0.4, -0.2) is 21.6 Å². The second-order valence-electron chi connectivity index (χ2n) is 7.08. The van der Waals surface area contributed by atoms with Crippen molar-refractivity contribution in [3.8, 4) is 11.5 Å². The summed E-state index contributed by atoms with van der Waals surface area (Å²) in [4.78, 5) is 0. The maximum absolute atomic E-state index is 9.65. The van der Waals surface area contributed by atoms with Gasteiger partial charge in [-0.3, -0.25) is 0 Å². The van der Waals surface area contributed by atoms with E-state index >= 15 is 0 Å². The van der Waals surface area contributed by atoms with Crippen LogP contribution in [0.5, 0.6) is 11.5 Å². The van der Waals surface area contributed by atoms with Gasteiger partial charge in [-0.1, -0.05) is 12.5 Å². The summed E-state index contributed by atoms with van der Waals surface area (Å²) in [5.41, 5.74) is 3.55. The minimum Gasteiger partial charge on any atom is -0.508 e. The zero-order valence-electron chi connectivity index (χ0n) is 14.6. The highest BCUT2D eigenvalue weighted by Gasteiger charge is 2.52. The van der Waals surface area contributed by atoms with Gasteiger partial charge in [0, 0.05) is 0 Å². The summed E-state index contributed by atoms with van der Waals surface area (Å²) in [6.45, 7) is 4.00. The van der Waals surface area contributed by atoms with E-state index in [1.165, 1.54) is 6.42 Å². The molecule has 2 N–H and O–H groups in total. The lowest BCUT2D eigenvalue weighted by Crippen LogP contribution is -2.46. The second-order valence-corrected chi connectivity index (χ2v) is 7.08. The second kappa shape index (κ2) is 6.45. The normalized spacial score (nSPS) is 18.8. The molecule has 1 saturated carbocycles. The molecular weight excluding hydrogens is 324 g/mol. The molecule has 0 saturated heterocycles. The summed E-state index contributed by atoms with van der Waals surface area (Å²) in [5, 5.41) is 28.5. The van der Waals surface area contributed by atoms with E-state index in [0.29, 0.717) is 5.92 Å². The molecule has 1 aliphatic carbocycles. The highest BCUT2D eigenvalue weighted by molar-refractivity contribution is 6.26. The minimum atomic E-state index is -0.312. The van der Waals surface area contributed by atoms with Crippen molar-refractivity contribution < 1.29 is 10.2 Å². The first-order valence-electron chi connectivity index (χ1n) is 9.01. The predicted octanol–water partition coefficient (Wildman–Crippen LogP) is 4.67. The van der Waals surface area contributed by atoms with Crippen molar-refractivity contribution in [3.63, 3.8) is 0 Å². The summed E-state index contributed by atoms with van der Waals surface area (Å²) in [5.74, 6) is 0.943. The molecule has 2 aliphatic rings. The maximum atomic E-state index is 9.65. The fourth-order valence-electron chi connectivity index (χ4n) is 4.14. The van der Waals surface area contributed by atoms with Crippen molar-refractivity contribution in [2.75, 3.05) is 0 Å². The molecule has 2 aromatic carbocycles. The first-order valence-corrected chi connectivity index (χ1v) is 9.01. The maximum Gasteiger partial charge on any atom is 0.115 e. The van der Waals surface area contributed by atoms with E-state index in [-0.39, 0.29) is 16.9 Å². The molecule has 132 valence electrons. The van der Waals surface area contributed by atoms with Crippen LogP contribution in [0.25, 0.3) is 0 Å². The minimum absolute atomic E-state index is 0.241. The largest absolute Gasteiger partial charge is 0.508 e. The fraction of sp³-hybridized carbons (Fsp3) is 0.273. The zero-order chi connectivity index (χ0) is 18.1. The molecule has 0 amide bonds. The van der Waals surface area contributed by atoms with Crippen molar-refractivity contribution >= 4 is 11.4 Å². The average molecular weight is 346 g/mol. The van der Waals surface area contributed by atoms with Crippen LogP contribution in [0.15, 0.2) is 71.4 Å². The SMILES string of the molecule is C=CCC1(C2CCC2)C(c2ccc(O)cc2)=NN=C1c1ccc(O)cc1. The van der Waals surface area contributed by atoms with Gasteiger partial charge in [0.15, 0.2) is 0 Å². The van der Waals surface area contributed by atoms with E-state index in [1.54, 1.807) is 24.3 Å². The summed E-state index contributed by atoms with van der Waals surface area (Å²) >= 11 is 0. The van der Waals surface area contributed by atoms with Gasteiger partial charge < -0.3 is 10.2 Å². The molecule has 0 bridgehead atoms. The molecule has 0 unspecified atom stereocenters. The Morgan fingerprint density at radius 1 is 0.885 bits per heavy atom. The summed E-state index contributed by atoms with van der Waals surface area (Å²) < 4.78 is 0. The van der Waals surface area contributed by atoms with E-state index in [4.69, 9.17) is 0 Å². The third-order valence-corrected chi connectivity index (χ3v) is 5.65. The Bertz CT molecular complexity index is 814. The number of hydrogen-bond acceptors (Lipinski definition) is 4. The Hall–Kier alpha value is -2.88. The van der Waals surface area contributed by atoms with Crippen molar-refractivity contribution in [1.82, 2.24) is 0 Å². The molecule has 0 atom stereocenters. The van der Waals surface area contributed by atoms with Gasteiger partial charge in [0.2, 0.25) is 0 Å². The third kappa shape index (κ3) is 2.53.